The molecule has 0 radical (unpaired) electrons. The van der Waals surface area contributed by atoms with Crippen molar-refractivity contribution in [2.75, 3.05) is 0 Å². The van der Waals surface area contributed by atoms with Crippen molar-refractivity contribution in [3.05, 3.63) is 88.2 Å². The monoisotopic (exact) mass is 401 g/mol. The predicted octanol–water partition coefficient (Wildman–Crippen LogP) is 1.63. The van der Waals surface area contributed by atoms with Gasteiger partial charge in [0.05, 0.1) is 17.5 Å². The second-order valence-electron chi connectivity index (χ2n) is 6.25. The van der Waals surface area contributed by atoms with Crippen molar-refractivity contribution in [2.24, 2.45) is 5.14 Å². The second-order valence-corrected chi connectivity index (χ2v) is 7.81. The Morgan fingerprint density at radius 3 is 2.68 bits per heavy atom. The number of benzene rings is 1. The summed E-state index contributed by atoms with van der Waals surface area (Å²) in [4.78, 5) is 24.2. The molecule has 0 aliphatic carbocycles. The number of sulfonamides is 1. The summed E-state index contributed by atoms with van der Waals surface area (Å²) in [5, 5.41) is 7.88. The maximum Gasteiger partial charge on any atom is 0.287 e. The second kappa shape index (κ2) is 7.83. The van der Waals surface area contributed by atoms with Crippen LogP contribution in [0.2, 0.25) is 0 Å². The lowest BCUT2D eigenvalue weighted by atomic mass is 10.1. The van der Waals surface area contributed by atoms with Gasteiger partial charge in [0.25, 0.3) is 11.5 Å². The van der Waals surface area contributed by atoms with Gasteiger partial charge in [0.15, 0.2) is 5.76 Å². The zero-order chi connectivity index (χ0) is 20.3. The Bertz CT molecular complexity index is 1160. The normalized spacial score (nSPS) is 12.5. The molecule has 0 saturated carbocycles. The third-order valence-electron chi connectivity index (χ3n) is 4.14. The molecule has 1 amide bonds. The highest BCUT2D eigenvalue weighted by molar-refractivity contribution is 7.89. The van der Waals surface area contributed by atoms with Crippen molar-refractivity contribution in [1.82, 2.24) is 9.88 Å². The van der Waals surface area contributed by atoms with Gasteiger partial charge < -0.3 is 14.3 Å². The molecule has 3 rings (SSSR count). The molecule has 0 saturated heterocycles. The van der Waals surface area contributed by atoms with E-state index in [1.54, 1.807) is 43.5 Å². The number of hydrogen-bond donors (Lipinski definition) is 2. The lowest BCUT2D eigenvalue weighted by Gasteiger charge is -2.14. The van der Waals surface area contributed by atoms with Crippen LogP contribution in [0.25, 0.3) is 0 Å². The Morgan fingerprint density at radius 2 is 1.96 bits per heavy atom. The van der Waals surface area contributed by atoms with E-state index in [0.29, 0.717) is 11.3 Å². The molecule has 2 heterocycles. The molecule has 8 nitrogen and oxygen atoms in total. The minimum absolute atomic E-state index is 0.0281. The summed E-state index contributed by atoms with van der Waals surface area (Å²) in [7, 11) is -3.83. The van der Waals surface area contributed by atoms with Crippen molar-refractivity contribution in [3.8, 4) is 0 Å². The third-order valence-corrected chi connectivity index (χ3v) is 5.06. The molecule has 9 heteroatoms. The van der Waals surface area contributed by atoms with Crippen LogP contribution < -0.4 is 16.0 Å². The van der Waals surface area contributed by atoms with Crippen LogP contribution in [-0.2, 0) is 16.6 Å². The number of hydrogen-bond acceptors (Lipinski definition) is 5. The van der Waals surface area contributed by atoms with Gasteiger partial charge in [-0.2, -0.15) is 0 Å². The summed E-state index contributed by atoms with van der Waals surface area (Å²) in [6.45, 7) is 1.92. The summed E-state index contributed by atoms with van der Waals surface area (Å²) >= 11 is 0. The van der Waals surface area contributed by atoms with Crippen molar-refractivity contribution >= 4 is 15.9 Å². The number of carbonyl (C=O) groups excluding carboxylic acids is 1. The van der Waals surface area contributed by atoms with Gasteiger partial charge in [0.1, 0.15) is 5.76 Å². The number of pyridine rings is 1. The molecule has 0 aliphatic heterocycles. The molecule has 3 aromatic rings. The lowest BCUT2D eigenvalue weighted by molar-refractivity contribution is 0.0910. The smallest absolute Gasteiger partial charge is 0.287 e. The highest BCUT2D eigenvalue weighted by Gasteiger charge is 2.17. The standard InChI is InChI=1S/C19H19N3O5S/c1-13(14-5-4-6-16(11-14)28(20,25)26)21-19(24)17-9-8-15(27-17)12-22-10-3-2-7-18(22)23/h2-11,13H,12H2,1H3,(H,21,24)(H2,20,25,26). The average Bonchev–Trinajstić information content (AvgIpc) is 3.12. The van der Waals surface area contributed by atoms with Crippen LogP contribution in [0.5, 0.6) is 0 Å². The number of nitrogens with zero attached hydrogens (tertiary/aromatic N) is 1. The maximum absolute atomic E-state index is 12.4. The van der Waals surface area contributed by atoms with E-state index in [-0.39, 0.29) is 22.8 Å². The number of aromatic nitrogens is 1. The number of nitrogens with two attached hydrogens (primary N) is 1. The number of carbonyl (C=O) groups is 1. The van der Waals surface area contributed by atoms with E-state index in [4.69, 9.17) is 9.56 Å². The first-order valence-electron chi connectivity index (χ1n) is 8.42. The number of primary sulfonamides is 1. The summed E-state index contributed by atoms with van der Waals surface area (Å²) < 4.78 is 30.0. The van der Waals surface area contributed by atoms with Crippen LogP contribution in [0.1, 0.15) is 34.8 Å². The largest absolute Gasteiger partial charge is 0.454 e. The topological polar surface area (TPSA) is 124 Å². The van der Waals surface area contributed by atoms with E-state index >= 15 is 0 Å². The lowest BCUT2D eigenvalue weighted by Crippen LogP contribution is -2.26. The summed E-state index contributed by atoms with van der Waals surface area (Å²) in [5.74, 6) is 0.0934. The number of furan rings is 1. The van der Waals surface area contributed by atoms with Gasteiger partial charge in [-0.25, -0.2) is 13.6 Å². The molecule has 2 aromatic heterocycles. The van der Waals surface area contributed by atoms with Crippen molar-refractivity contribution in [1.29, 1.82) is 0 Å². The number of nitrogens with one attached hydrogen (secondary N) is 1. The molecular weight excluding hydrogens is 382 g/mol. The molecule has 0 bridgehead atoms. The van der Waals surface area contributed by atoms with Gasteiger partial charge in [0.2, 0.25) is 10.0 Å². The van der Waals surface area contributed by atoms with Crippen LogP contribution in [0.3, 0.4) is 0 Å². The molecule has 28 heavy (non-hydrogen) atoms. The van der Waals surface area contributed by atoms with Crippen LogP contribution in [0.15, 0.2) is 74.9 Å². The first-order valence-corrected chi connectivity index (χ1v) is 9.96. The van der Waals surface area contributed by atoms with E-state index in [9.17, 15) is 18.0 Å². The summed E-state index contributed by atoms with van der Waals surface area (Å²) in [5.41, 5.74) is 0.413. The van der Waals surface area contributed by atoms with E-state index < -0.39 is 22.0 Å². The quantitative estimate of drug-likeness (QED) is 0.649. The van der Waals surface area contributed by atoms with Gasteiger partial charge in [-0.05, 0) is 42.8 Å². The van der Waals surface area contributed by atoms with Gasteiger partial charge in [-0.3, -0.25) is 9.59 Å². The molecule has 0 fully saturated rings. The Labute approximate surface area is 161 Å². The molecule has 0 spiro atoms. The van der Waals surface area contributed by atoms with Crippen LogP contribution in [0.4, 0.5) is 0 Å². The molecule has 1 atom stereocenters. The molecular formula is C19H19N3O5S. The van der Waals surface area contributed by atoms with Gasteiger partial charge in [-0.15, -0.1) is 0 Å². The third kappa shape index (κ3) is 4.56. The highest BCUT2D eigenvalue weighted by atomic mass is 32.2. The van der Waals surface area contributed by atoms with Crippen molar-refractivity contribution in [2.45, 2.75) is 24.4 Å². The Balaban J connectivity index is 1.71. The molecule has 0 aliphatic rings. The van der Waals surface area contributed by atoms with Crippen LogP contribution in [-0.4, -0.2) is 18.9 Å². The zero-order valence-electron chi connectivity index (χ0n) is 15.0. The van der Waals surface area contributed by atoms with Gasteiger partial charge in [-0.1, -0.05) is 18.2 Å². The number of rotatable bonds is 6. The Morgan fingerprint density at radius 1 is 1.18 bits per heavy atom. The maximum atomic E-state index is 12.4. The SMILES string of the molecule is CC(NC(=O)c1ccc(Cn2ccccc2=O)o1)c1cccc(S(N)(=O)=O)c1. The van der Waals surface area contributed by atoms with Crippen LogP contribution >= 0.6 is 0 Å². The van der Waals surface area contributed by atoms with Crippen molar-refractivity contribution < 1.29 is 17.6 Å². The Hall–Kier alpha value is -3.17. The fourth-order valence-electron chi connectivity index (χ4n) is 2.66. The van der Waals surface area contributed by atoms with E-state index in [1.807, 2.05) is 0 Å². The fourth-order valence-corrected chi connectivity index (χ4v) is 3.22. The van der Waals surface area contributed by atoms with E-state index in [1.165, 1.54) is 28.8 Å². The molecule has 1 unspecified atom stereocenters. The summed E-state index contributed by atoms with van der Waals surface area (Å²) in [6, 6.07) is 13.5. The predicted molar refractivity (Wildman–Crippen MR) is 102 cm³/mol. The number of amides is 1. The first-order chi connectivity index (χ1) is 13.2. The Kier molecular flexibility index (Phi) is 5.48. The van der Waals surface area contributed by atoms with Crippen molar-refractivity contribution in [3.63, 3.8) is 0 Å². The minimum atomic E-state index is -3.83. The fraction of sp³-hybridized carbons (Fsp3) is 0.158. The molecule has 3 N–H and O–H groups in total. The van der Waals surface area contributed by atoms with E-state index in [0.717, 1.165) is 0 Å². The zero-order valence-corrected chi connectivity index (χ0v) is 15.8. The van der Waals surface area contributed by atoms with E-state index in [2.05, 4.69) is 5.32 Å². The van der Waals surface area contributed by atoms with Gasteiger partial charge in [0, 0.05) is 12.3 Å². The molecule has 146 valence electrons. The summed E-state index contributed by atoms with van der Waals surface area (Å²) in [6.07, 6.45) is 1.63. The van der Waals surface area contributed by atoms with Crippen LogP contribution in [0, 0.1) is 0 Å². The van der Waals surface area contributed by atoms with Gasteiger partial charge >= 0.3 is 0 Å². The first kappa shape index (κ1) is 19.6. The average molecular weight is 401 g/mol. The highest BCUT2D eigenvalue weighted by Crippen LogP contribution is 2.18. The minimum Gasteiger partial charge on any atom is -0.454 e. The molecule has 1 aromatic carbocycles.